The van der Waals surface area contributed by atoms with Gasteiger partial charge in [0.1, 0.15) is 23.2 Å². The molecule has 1 aliphatic heterocycles. The number of nitrogens with zero attached hydrogens (tertiary/aromatic N) is 1. The third-order valence-electron chi connectivity index (χ3n) is 5.98. The number of hydrogen-bond acceptors (Lipinski definition) is 5. The third kappa shape index (κ3) is 5.50. The summed E-state index contributed by atoms with van der Waals surface area (Å²) in [5.74, 6) is -1.54. The Morgan fingerprint density at radius 2 is 1.83 bits per heavy atom. The van der Waals surface area contributed by atoms with Gasteiger partial charge in [-0.1, -0.05) is 12.1 Å². The van der Waals surface area contributed by atoms with Crippen LogP contribution in [0.5, 0.6) is 0 Å². The second kappa shape index (κ2) is 10.0. The summed E-state index contributed by atoms with van der Waals surface area (Å²) in [6.45, 7) is 7.63. The zero-order chi connectivity index (χ0) is 26.0. The van der Waals surface area contributed by atoms with Crippen LogP contribution in [-0.2, 0) is 14.3 Å². The molecule has 0 saturated carbocycles. The van der Waals surface area contributed by atoms with E-state index in [0.717, 1.165) is 16.5 Å². The van der Waals surface area contributed by atoms with Crippen LogP contribution in [0, 0.1) is 5.82 Å². The van der Waals surface area contributed by atoms with Crippen LogP contribution in [-0.4, -0.2) is 52.6 Å². The van der Waals surface area contributed by atoms with Crippen molar-refractivity contribution in [1.82, 2.24) is 9.88 Å². The molecule has 36 heavy (non-hydrogen) atoms. The zero-order valence-corrected chi connectivity index (χ0v) is 20.8. The molecule has 2 atom stereocenters. The van der Waals surface area contributed by atoms with Crippen molar-refractivity contribution in [1.29, 1.82) is 0 Å². The van der Waals surface area contributed by atoms with Crippen LogP contribution in [0.4, 0.5) is 14.9 Å². The highest BCUT2D eigenvalue weighted by atomic mass is 19.1. The summed E-state index contributed by atoms with van der Waals surface area (Å²) in [5.41, 5.74) is 1.59. The van der Waals surface area contributed by atoms with Gasteiger partial charge in [-0.3, -0.25) is 9.69 Å². The minimum Gasteiger partial charge on any atom is -0.461 e. The van der Waals surface area contributed by atoms with Gasteiger partial charge in [0.05, 0.1) is 6.61 Å². The molecule has 4 rings (SSSR count). The lowest BCUT2D eigenvalue weighted by molar-refractivity contribution is -0.120. The number of benzene rings is 2. The predicted octanol–water partition coefficient (Wildman–Crippen LogP) is 5.22. The fourth-order valence-electron chi connectivity index (χ4n) is 4.45. The lowest BCUT2D eigenvalue weighted by atomic mass is 9.91. The van der Waals surface area contributed by atoms with Crippen molar-refractivity contribution in [2.24, 2.45) is 0 Å². The summed E-state index contributed by atoms with van der Waals surface area (Å²) < 4.78 is 24.1. The molecule has 2 aromatic carbocycles. The number of carbonyl (C=O) groups excluding carboxylic acids is 3. The van der Waals surface area contributed by atoms with E-state index >= 15 is 0 Å². The van der Waals surface area contributed by atoms with E-state index in [2.05, 4.69) is 10.3 Å². The Morgan fingerprint density at radius 3 is 2.50 bits per heavy atom. The summed E-state index contributed by atoms with van der Waals surface area (Å²) in [7, 11) is 0. The molecular weight excluding hydrogens is 465 g/mol. The van der Waals surface area contributed by atoms with Crippen molar-refractivity contribution in [3.63, 3.8) is 0 Å². The Morgan fingerprint density at radius 1 is 1.11 bits per heavy atom. The molecule has 1 saturated heterocycles. The number of hydrogen-bond donors (Lipinski definition) is 2. The van der Waals surface area contributed by atoms with E-state index in [4.69, 9.17) is 9.47 Å². The molecule has 1 aliphatic rings. The van der Waals surface area contributed by atoms with E-state index in [1.807, 2.05) is 0 Å². The Bertz CT molecular complexity index is 1280. The van der Waals surface area contributed by atoms with Crippen molar-refractivity contribution in [2.75, 3.05) is 18.5 Å². The van der Waals surface area contributed by atoms with E-state index in [-0.39, 0.29) is 24.2 Å². The average Bonchev–Trinajstić information content (AvgIpc) is 3.43. The number of anilines is 1. The fourth-order valence-corrected chi connectivity index (χ4v) is 4.45. The summed E-state index contributed by atoms with van der Waals surface area (Å²) in [6, 6.07) is 12.0. The number of ether oxygens (including phenoxy) is 2. The molecule has 1 aromatic heterocycles. The number of likely N-dealkylation sites (tertiary alicyclic amines) is 1. The summed E-state index contributed by atoms with van der Waals surface area (Å²) >= 11 is 0. The molecule has 3 aromatic rings. The second-order valence-electron chi connectivity index (χ2n) is 9.76. The molecule has 0 bridgehead atoms. The normalized spacial score (nSPS) is 17.8. The van der Waals surface area contributed by atoms with Crippen molar-refractivity contribution in [2.45, 2.75) is 51.7 Å². The number of nitrogens with one attached hydrogen (secondary N) is 2. The number of carbonyl (C=O) groups is 3. The molecule has 2 N–H and O–H groups in total. The molecule has 0 spiro atoms. The molecule has 190 valence electrons. The third-order valence-corrected chi connectivity index (χ3v) is 5.98. The molecule has 2 heterocycles. The van der Waals surface area contributed by atoms with Gasteiger partial charge in [0.15, 0.2) is 0 Å². The van der Waals surface area contributed by atoms with Crippen LogP contribution in [0.25, 0.3) is 10.9 Å². The summed E-state index contributed by atoms with van der Waals surface area (Å²) in [6.07, 6.45) is -0.0460. The zero-order valence-electron chi connectivity index (χ0n) is 20.8. The largest absolute Gasteiger partial charge is 0.461 e. The Balaban J connectivity index is 1.60. The molecule has 8 nitrogen and oxygen atoms in total. The van der Waals surface area contributed by atoms with Gasteiger partial charge < -0.3 is 19.8 Å². The van der Waals surface area contributed by atoms with E-state index in [1.165, 1.54) is 17.0 Å². The van der Waals surface area contributed by atoms with Gasteiger partial charge in [0, 0.05) is 29.1 Å². The van der Waals surface area contributed by atoms with Gasteiger partial charge in [-0.15, -0.1) is 0 Å². The minimum atomic E-state index is -0.845. The number of rotatable bonds is 5. The average molecular weight is 496 g/mol. The number of aromatic amines is 1. The highest BCUT2D eigenvalue weighted by Gasteiger charge is 2.44. The molecule has 1 fully saturated rings. The van der Waals surface area contributed by atoms with Crippen LogP contribution in [0.3, 0.4) is 0 Å². The number of aromatic nitrogens is 1. The monoisotopic (exact) mass is 495 g/mol. The topological polar surface area (TPSA) is 101 Å². The van der Waals surface area contributed by atoms with Crippen LogP contribution < -0.4 is 5.32 Å². The highest BCUT2D eigenvalue weighted by molar-refractivity contribution is 6.00. The van der Waals surface area contributed by atoms with E-state index in [9.17, 15) is 18.8 Å². The smallest absolute Gasteiger partial charge is 0.410 e. The molecule has 2 amide bonds. The number of fused-ring (bicyclic) bond motifs is 1. The van der Waals surface area contributed by atoms with Crippen molar-refractivity contribution in [3.05, 3.63) is 65.6 Å². The van der Waals surface area contributed by atoms with Crippen molar-refractivity contribution in [3.8, 4) is 0 Å². The van der Waals surface area contributed by atoms with E-state index in [1.54, 1.807) is 64.1 Å². The van der Waals surface area contributed by atoms with Crippen molar-refractivity contribution < 1.29 is 28.2 Å². The van der Waals surface area contributed by atoms with E-state index < -0.39 is 23.7 Å². The quantitative estimate of drug-likeness (QED) is 0.473. The first-order chi connectivity index (χ1) is 17.1. The Hall–Kier alpha value is -3.88. The molecule has 0 radical (unpaired) electrons. The summed E-state index contributed by atoms with van der Waals surface area (Å²) in [5, 5.41) is 3.63. The SMILES string of the molecule is CCOC(=O)c1cc2cc(NC(=O)[C@@H]3[C@H](c4ccc(F)cc4)CCN3C(=O)OC(C)(C)C)ccc2[nH]1. The lowest BCUT2D eigenvalue weighted by Crippen LogP contribution is -2.47. The highest BCUT2D eigenvalue weighted by Crippen LogP contribution is 2.35. The standard InChI is InChI=1S/C27H30FN3O5/c1-5-35-25(33)22-15-17-14-19(10-11-21(17)30-22)29-24(32)23-20(16-6-8-18(28)9-7-16)12-13-31(23)26(34)36-27(2,3)4/h6-11,14-15,20,23,30H,5,12-13H2,1-4H3,(H,29,32)/t20-,23-/m0/s1. The number of esters is 1. The number of amides is 2. The maximum atomic E-state index is 13.6. The fraction of sp³-hybridized carbons (Fsp3) is 0.370. The minimum absolute atomic E-state index is 0.264. The molecular formula is C27H30FN3O5. The van der Waals surface area contributed by atoms with Crippen LogP contribution in [0.2, 0.25) is 0 Å². The van der Waals surface area contributed by atoms with Gasteiger partial charge in [0.2, 0.25) is 5.91 Å². The first-order valence-corrected chi connectivity index (χ1v) is 11.9. The Labute approximate surface area is 208 Å². The molecule has 0 aliphatic carbocycles. The van der Waals surface area contributed by atoms with Gasteiger partial charge >= 0.3 is 12.1 Å². The molecule has 0 unspecified atom stereocenters. The first-order valence-electron chi connectivity index (χ1n) is 11.9. The Kier molecular flexibility index (Phi) is 7.01. The second-order valence-corrected chi connectivity index (χ2v) is 9.76. The summed E-state index contributed by atoms with van der Waals surface area (Å²) in [4.78, 5) is 43.0. The maximum Gasteiger partial charge on any atom is 0.410 e. The van der Waals surface area contributed by atoms with Gasteiger partial charge in [-0.05, 0) is 76.1 Å². The predicted molar refractivity (Wildman–Crippen MR) is 133 cm³/mol. The molecule has 9 heteroatoms. The maximum absolute atomic E-state index is 13.6. The first kappa shape index (κ1) is 25.2. The van der Waals surface area contributed by atoms with Gasteiger partial charge in [-0.25, -0.2) is 14.0 Å². The lowest BCUT2D eigenvalue weighted by Gasteiger charge is -2.30. The van der Waals surface area contributed by atoms with E-state index in [0.29, 0.717) is 24.3 Å². The van der Waals surface area contributed by atoms with Crippen LogP contribution in [0.1, 0.15) is 56.1 Å². The van der Waals surface area contributed by atoms with Crippen LogP contribution in [0.15, 0.2) is 48.5 Å². The van der Waals surface area contributed by atoms with Crippen molar-refractivity contribution >= 4 is 34.6 Å². The van der Waals surface area contributed by atoms with Gasteiger partial charge in [0.25, 0.3) is 0 Å². The number of halogens is 1. The van der Waals surface area contributed by atoms with Crippen LogP contribution >= 0.6 is 0 Å². The number of H-pyrrole nitrogens is 1. The van der Waals surface area contributed by atoms with Gasteiger partial charge in [-0.2, -0.15) is 0 Å².